The van der Waals surface area contributed by atoms with E-state index in [1.165, 1.54) is 20.2 Å². The van der Waals surface area contributed by atoms with Crippen molar-refractivity contribution in [2.24, 2.45) is 5.92 Å². The Hall–Kier alpha value is -2.57. The number of amides is 3. The fourth-order valence-electron chi connectivity index (χ4n) is 1.78. The number of carbonyl (C=O) groups is 3. The van der Waals surface area contributed by atoms with E-state index >= 15 is 0 Å². The molecule has 1 aromatic rings. The Balaban J connectivity index is 2.86. The lowest BCUT2D eigenvalue weighted by Crippen LogP contribution is -2.45. The Bertz CT molecular complexity index is 557. The summed E-state index contributed by atoms with van der Waals surface area (Å²) in [5.74, 6) is -1.02. The van der Waals surface area contributed by atoms with Crippen molar-refractivity contribution in [1.82, 2.24) is 10.6 Å². The van der Waals surface area contributed by atoms with Gasteiger partial charge in [0.2, 0.25) is 0 Å². The van der Waals surface area contributed by atoms with Gasteiger partial charge in [-0.25, -0.2) is 9.59 Å². The molecule has 0 bridgehead atoms. The van der Waals surface area contributed by atoms with Gasteiger partial charge < -0.3 is 20.7 Å². The third kappa shape index (κ3) is 4.76. The number of nitrogens with one attached hydrogen (secondary N) is 3. The lowest BCUT2D eigenvalue weighted by atomic mass is 10.0. The molecule has 0 fully saturated rings. The first-order chi connectivity index (χ1) is 10.4. The summed E-state index contributed by atoms with van der Waals surface area (Å²) >= 11 is 0. The number of anilines is 1. The normalized spacial score (nSPS) is 11.5. The van der Waals surface area contributed by atoms with Gasteiger partial charge in [-0.15, -0.1) is 0 Å². The van der Waals surface area contributed by atoms with E-state index in [2.05, 4.69) is 20.7 Å². The Morgan fingerprint density at radius 3 is 2.41 bits per heavy atom. The summed E-state index contributed by atoms with van der Waals surface area (Å²) in [6, 6.07) is 5.31. The summed E-state index contributed by atoms with van der Waals surface area (Å²) in [5, 5.41) is 7.63. The van der Waals surface area contributed by atoms with E-state index in [1.807, 2.05) is 13.8 Å². The van der Waals surface area contributed by atoms with Crippen LogP contribution in [0.2, 0.25) is 0 Å². The molecule has 0 saturated heterocycles. The van der Waals surface area contributed by atoms with Crippen molar-refractivity contribution < 1.29 is 19.1 Å². The van der Waals surface area contributed by atoms with Gasteiger partial charge in [-0.05, 0) is 24.1 Å². The molecule has 0 heterocycles. The van der Waals surface area contributed by atoms with Crippen LogP contribution in [0.15, 0.2) is 24.3 Å². The molecule has 1 aromatic carbocycles. The summed E-state index contributed by atoms with van der Waals surface area (Å²) in [7, 11) is 2.77. The highest BCUT2D eigenvalue weighted by Crippen LogP contribution is 2.12. The van der Waals surface area contributed by atoms with Crippen LogP contribution in [-0.2, 0) is 9.53 Å². The number of ether oxygens (including phenoxy) is 1. The minimum absolute atomic E-state index is 0.108. The molecule has 7 nitrogen and oxygen atoms in total. The number of rotatable bonds is 5. The molecule has 22 heavy (non-hydrogen) atoms. The summed E-state index contributed by atoms with van der Waals surface area (Å²) in [6.45, 7) is 3.62. The number of hydrogen-bond donors (Lipinski definition) is 3. The maximum absolute atomic E-state index is 12.2. The van der Waals surface area contributed by atoms with Crippen molar-refractivity contribution in [2.45, 2.75) is 19.9 Å². The Labute approximate surface area is 129 Å². The van der Waals surface area contributed by atoms with E-state index in [-0.39, 0.29) is 11.9 Å². The van der Waals surface area contributed by atoms with Crippen LogP contribution in [0, 0.1) is 5.92 Å². The molecule has 3 amide bonds. The van der Waals surface area contributed by atoms with Crippen LogP contribution < -0.4 is 16.0 Å². The molecule has 0 aliphatic rings. The molecule has 0 aliphatic heterocycles. The molecular formula is C15H21N3O4. The molecule has 3 N–H and O–H groups in total. The molecular weight excluding hydrogens is 286 g/mol. The molecule has 0 radical (unpaired) electrons. The van der Waals surface area contributed by atoms with Gasteiger partial charge in [0.1, 0.15) is 6.04 Å². The first-order valence-electron chi connectivity index (χ1n) is 6.86. The SMILES string of the molecule is CNC(=O)Nc1cccc(C(=O)NC(C(=O)OC)C(C)C)c1. The predicted octanol–water partition coefficient (Wildman–Crippen LogP) is 1.37. The average Bonchev–Trinajstić information content (AvgIpc) is 2.51. The van der Waals surface area contributed by atoms with E-state index in [4.69, 9.17) is 0 Å². The van der Waals surface area contributed by atoms with Crippen molar-refractivity contribution in [3.8, 4) is 0 Å². The number of methoxy groups -OCH3 is 1. The standard InChI is InChI=1S/C15H21N3O4/c1-9(2)12(14(20)22-4)18-13(19)10-6-5-7-11(8-10)17-15(21)16-3/h5-9,12H,1-4H3,(H,18,19)(H2,16,17,21). The van der Waals surface area contributed by atoms with Gasteiger partial charge >= 0.3 is 12.0 Å². The second kappa shape index (κ2) is 8.02. The van der Waals surface area contributed by atoms with Crippen molar-refractivity contribution >= 4 is 23.6 Å². The zero-order chi connectivity index (χ0) is 16.7. The highest BCUT2D eigenvalue weighted by Gasteiger charge is 2.25. The van der Waals surface area contributed by atoms with Crippen LogP contribution in [-0.4, -0.2) is 38.1 Å². The molecule has 1 atom stereocenters. The highest BCUT2D eigenvalue weighted by molar-refractivity contribution is 5.98. The second-order valence-corrected chi connectivity index (χ2v) is 5.00. The van der Waals surface area contributed by atoms with Crippen LogP contribution in [0.4, 0.5) is 10.5 Å². The zero-order valence-electron chi connectivity index (χ0n) is 13.1. The monoisotopic (exact) mass is 307 g/mol. The third-order valence-corrected chi connectivity index (χ3v) is 3.02. The first-order valence-corrected chi connectivity index (χ1v) is 6.86. The summed E-state index contributed by atoms with van der Waals surface area (Å²) in [4.78, 5) is 35.2. The van der Waals surface area contributed by atoms with Crippen LogP contribution in [0.5, 0.6) is 0 Å². The molecule has 0 saturated carbocycles. The molecule has 0 aliphatic carbocycles. The van der Waals surface area contributed by atoms with Gasteiger partial charge in [-0.3, -0.25) is 4.79 Å². The smallest absolute Gasteiger partial charge is 0.328 e. The fourth-order valence-corrected chi connectivity index (χ4v) is 1.78. The molecule has 1 rings (SSSR count). The topological polar surface area (TPSA) is 96.5 Å². The quantitative estimate of drug-likeness (QED) is 0.716. The summed E-state index contributed by atoms with van der Waals surface area (Å²) in [6.07, 6.45) is 0. The van der Waals surface area contributed by atoms with Crippen molar-refractivity contribution in [3.63, 3.8) is 0 Å². The Kier molecular flexibility index (Phi) is 6.37. The Morgan fingerprint density at radius 2 is 1.86 bits per heavy atom. The third-order valence-electron chi connectivity index (χ3n) is 3.02. The number of esters is 1. The predicted molar refractivity (Wildman–Crippen MR) is 82.6 cm³/mol. The van der Waals surface area contributed by atoms with E-state index in [9.17, 15) is 14.4 Å². The zero-order valence-corrected chi connectivity index (χ0v) is 13.1. The molecule has 120 valence electrons. The second-order valence-electron chi connectivity index (χ2n) is 5.00. The van der Waals surface area contributed by atoms with Gasteiger partial charge in [-0.2, -0.15) is 0 Å². The van der Waals surface area contributed by atoms with Gasteiger partial charge in [0.05, 0.1) is 7.11 Å². The van der Waals surface area contributed by atoms with Crippen LogP contribution in [0.1, 0.15) is 24.2 Å². The van der Waals surface area contributed by atoms with Crippen LogP contribution in [0.3, 0.4) is 0 Å². The number of benzene rings is 1. The largest absolute Gasteiger partial charge is 0.467 e. The lowest BCUT2D eigenvalue weighted by Gasteiger charge is -2.20. The van der Waals surface area contributed by atoms with Gasteiger partial charge in [0.25, 0.3) is 5.91 Å². The van der Waals surface area contributed by atoms with Gasteiger partial charge in [0, 0.05) is 18.3 Å². The van der Waals surface area contributed by atoms with E-state index in [1.54, 1.807) is 18.2 Å². The summed E-state index contributed by atoms with van der Waals surface area (Å²) < 4.78 is 4.68. The number of hydrogen-bond acceptors (Lipinski definition) is 4. The highest BCUT2D eigenvalue weighted by atomic mass is 16.5. The fraction of sp³-hybridized carbons (Fsp3) is 0.400. The minimum atomic E-state index is -0.729. The van der Waals surface area contributed by atoms with Gasteiger partial charge in [0.15, 0.2) is 0 Å². The Morgan fingerprint density at radius 1 is 1.18 bits per heavy atom. The van der Waals surface area contributed by atoms with Crippen LogP contribution >= 0.6 is 0 Å². The molecule has 0 spiro atoms. The molecule has 0 aromatic heterocycles. The lowest BCUT2D eigenvalue weighted by molar-refractivity contribution is -0.144. The van der Waals surface area contributed by atoms with E-state index < -0.39 is 17.9 Å². The maximum Gasteiger partial charge on any atom is 0.328 e. The van der Waals surface area contributed by atoms with E-state index in [0.29, 0.717) is 11.3 Å². The summed E-state index contributed by atoms with van der Waals surface area (Å²) in [5.41, 5.74) is 0.814. The molecule has 7 heteroatoms. The number of carbonyl (C=O) groups excluding carboxylic acids is 3. The number of urea groups is 1. The molecule has 1 unspecified atom stereocenters. The average molecular weight is 307 g/mol. The van der Waals surface area contributed by atoms with Gasteiger partial charge in [-0.1, -0.05) is 19.9 Å². The minimum Gasteiger partial charge on any atom is -0.467 e. The first kappa shape index (κ1) is 17.5. The van der Waals surface area contributed by atoms with Crippen molar-refractivity contribution in [3.05, 3.63) is 29.8 Å². The maximum atomic E-state index is 12.2. The van der Waals surface area contributed by atoms with Crippen molar-refractivity contribution in [1.29, 1.82) is 0 Å². The van der Waals surface area contributed by atoms with Crippen molar-refractivity contribution in [2.75, 3.05) is 19.5 Å². The van der Waals surface area contributed by atoms with Crippen LogP contribution in [0.25, 0.3) is 0 Å². The van der Waals surface area contributed by atoms with E-state index in [0.717, 1.165) is 0 Å².